The Hall–Kier alpha value is -0.470. The van der Waals surface area contributed by atoms with Gasteiger partial charge < -0.3 is 5.73 Å². The Kier molecular flexibility index (Phi) is 3.63. The Labute approximate surface area is 79.4 Å². The van der Waals surface area contributed by atoms with Crippen molar-refractivity contribution >= 4 is 12.6 Å². The maximum Gasteiger partial charge on any atom is 0.00771 e. The second-order valence-corrected chi connectivity index (χ2v) is 3.48. The van der Waals surface area contributed by atoms with Gasteiger partial charge in [0.15, 0.2) is 0 Å². The fraction of sp³-hybridized carbons (Fsp3) is 0.400. The summed E-state index contributed by atoms with van der Waals surface area (Å²) in [5.74, 6) is 0. The van der Waals surface area contributed by atoms with Gasteiger partial charge in [-0.2, -0.15) is 0 Å². The summed E-state index contributed by atoms with van der Waals surface area (Å²) in [6.07, 6.45) is 1.94. The number of benzene rings is 1. The summed E-state index contributed by atoms with van der Waals surface area (Å²) in [4.78, 5) is 1.04. The minimum Gasteiger partial charge on any atom is -0.327 e. The zero-order valence-electron chi connectivity index (χ0n) is 7.33. The number of hydrogen-bond acceptors (Lipinski definition) is 2. The zero-order valence-corrected chi connectivity index (χ0v) is 8.22. The van der Waals surface area contributed by atoms with Gasteiger partial charge in [-0.1, -0.05) is 25.1 Å². The predicted octanol–water partition coefficient (Wildman–Crippen LogP) is 2.26. The van der Waals surface area contributed by atoms with Gasteiger partial charge in [0.05, 0.1) is 0 Å². The molecule has 1 nitrogen and oxygen atoms in total. The van der Waals surface area contributed by atoms with Crippen LogP contribution in [0.4, 0.5) is 0 Å². The number of nitrogens with two attached hydrogens (primary N) is 1. The highest BCUT2D eigenvalue weighted by atomic mass is 32.1. The first-order valence-corrected chi connectivity index (χ1v) is 4.71. The summed E-state index contributed by atoms with van der Waals surface area (Å²) < 4.78 is 0. The van der Waals surface area contributed by atoms with E-state index in [2.05, 4.69) is 25.6 Å². The highest BCUT2D eigenvalue weighted by Gasteiger charge is 2.02. The van der Waals surface area contributed by atoms with Gasteiger partial charge in [-0.25, -0.2) is 0 Å². The van der Waals surface area contributed by atoms with Crippen LogP contribution in [0.1, 0.15) is 18.9 Å². The van der Waals surface area contributed by atoms with Crippen molar-refractivity contribution in [1.29, 1.82) is 0 Å². The first-order chi connectivity index (χ1) is 5.74. The van der Waals surface area contributed by atoms with Crippen molar-refractivity contribution in [2.75, 3.05) is 0 Å². The van der Waals surface area contributed by atoms with Crippen molar-refractivity contribution in [2.45, 2.75) is 30.7 Å². The van der Waals surface area contributed by atoms with Gasteiger partial charge in [0.1, 0.15) is 0 Å². The quantitative estimate of drug-likeness (QED) is 0.687. The fourth-order valence-electron chi connectivity index (χ4n) is 1.11. The maximum atomic E-state index is 5.84. The first kappa shape index (κ1) is 9.62. The summed E-state index contributed by atoms with van der Waals surface area (Å²) in [5.41, 5.74) is 7.09. The van der Waals surface area contributed by atoms with Gasteiger partial charge in [0, 0.05) is 10.9 Å². The Morgan fingerprint density at radius 1 is 1.42 bits per heavy atom. The molecule has 0 radical (unpaired) electrons. The molecule has 1 atom stereocenters. The summed E-state index contributed by atoms with van der Waals surface area (Å²) >= 11 is 4.36. The molecular formula is C10H15NS. The summed E-state index contributed by atoms with van der Waals surface area (Å²) in [6, 6.07) is 8.36. The molecule has 66 valence electrons. The summed E-state index contributed by atoms with van der Waals surface area (Å²) in [7, 11) is 0. The molecule has 0 saturated carbocycles. The molecule has 0 aliphatic heterocycles. The Morgan fingerprint density at radius 3 is 2.67 bits per heavy atom. The molecule has 12 heavy (non-hydrogen) atoms. The third kappa shape index (κ3) is 2.54. The van der Waals surface area contributed by atoms with Gasteiger partial charge in [-0.15, -0.1) is 12.6 Å². The molecule has 0 saturated heterocycles. The van der Waals surface area contributed by atoms with Crippen molar-refractivity contribution in [3.05, 3.63) is 29.8 Å². The largest absolute Gasteiger partial charge is 0.327 e. The molecule has 1 aromatic carbocycles. The Morgan fingerprint density at radius 2 is 2.08 bits per heavy atom. The first-order valence-electron chi connectivity index (χ1n) is 4.26. The minimum atomic E-state index is 0.262. The molecule has 1 rings (SSSR count). The molecular weight excluding hydrogens is 166 g/mol. The van der Waals surface area contributed by atoms with E-state index in [1.807, 2.05) is 18.2 Å². The molecule has 2 N–H and O–H groups in total. The van der Waals surface area contributed by atoms with Crippen LogP contribution < -0.4 is 5.73 Å². The van der Waals surface area contributed by atoms with Crippen LogP contribution in [0.2, 0.25) is 0 Å². The lowest BCUT2D eigenvalue weighted by atomic mass is 10.1. The molecule has 0 spiro atoms. The normalized spacial score (nSPS) is 12.9. The maximum absolute atomic E-state index is 5.84. The summed E-state index contributed by atoms with van der Waals surface area (Å²) in [5, 5.41) is 0. The minimum absolute atomic E-state index is 0.262. The van der Waals surface area contributed by atoms with E-state index < -0.39 is 0 Å². The van der Waals surface area contributed by atoms with Crippen LogP contribution in [0.25, 0.3) is 0 Å². The monoisotopic (exact) mass is 181 g/mol. The van der Waals surface area contributed by atoms with Crippen LogP contribution >= 0.6 is 12.6 Å². The molecule has 0 aliphatic rings. The van der Waals surface area contributed by atoms with Crippen molar-refractivity contribution in [3.63, 3.8) is 0 Å². The highest BCUT2D eigenvalue weighted by Crippen LogP contribution is 2.14. The average Bonchev–Trinajstić information content (AvgIpc) is 2.09. The van der Waals surface area contributed by atoms with E-state index in [4.69, 9.17) is 5.73 Å². The van der Waals surface area contributed by atoms with Crippen LogP contribution in [0.5, 0.6) is 0 Å². The standard InChI is InChI=1S/C10H15NS/c1-2-9(11)7-8-5-3-4-6-10(8)12/h3-6,9,12H,2,7,11H2,1H3. The van der Waals surface area contributed by atoms with Gasteiger partial charge >= 0.3 is 0 Å². The molecule has 1 aromatic rings. The average molecular weight is 181 g/mol. The third-order valence-electron chi connectivity index (χ3n) is 2.00. The van der Waals surface area contributed by atoms with Gasteiger partial charge in [-0.3, -0.25) is 0 Å². The fourth-order valence-corrected chi connectivity index (χ4v) is 1.36. The lowest BCUT2D eigenvalue weighted by Gasteiger charge is -2.09. The summed E-state index contributed by atoms with van der Waals surface area (Å²) in [6.45, 7) is 2.10. The van der Waals surface area contributed by atoms with E-state index in [1.165, 1.54) is 5.56 Å². The van der Waals surface area contributed by atoms with Gasteiger partial charge in [0.25, 0.3) is 0 Å². The molecule has 0 bridgehead atoms. The van der Waals surface area contributed by atoms with Crippen molar-refractivity contribution in [1.82, 2.24) is 0 Å². The van der Waals surface area contributed by atoms with E-state index in [1.54, 1.807) is 0 Å². The molecule has 0 heterocycles. The van der Waals surface area contributed by atoms with Crippen LogP contribution in [-0.4, -0.2) is 6.04 Å². The molecule has 1 unspecified atom stereocenters. The van der Waals surface area contributed by atoms with Crippen LogP contribution in [0.3, 0.4) is 0 Å². The van der Waals surface area contributed by atoms with Crippen LogP contribution in [0.15, 0.2) is 29.2 Å². The topological polar surface area (TPSA) is 26.0 Å². The van der Waals surface area contributed by atoms with Crippen LogP contribution in [-0.2, 0) is 6.42 Å². The van der Waals surface area contributed by atoms with Crippen molar-refractivity contribution < 1.29 is 0 Å². The van der Waals surface area contributed by atoms with Crippen molar-refractivity contribution in [2.24, 2.45) is 5.73 Å². The molecule has 2 heteroatoms. The molecule has 0 aliphatic carbocycles. The van der Waals surface area contributed by atoms with Crippen LogP contribution in [0, 0.1) is 0 Å². The third-order valence-corrected chi connectivity index (χ3v) is 2.43. The molecule has 0 aromatic heterocycles. The SMILES string of the molecule is CCC(N)Cc1ccccc1S. The highest BCUT2D eigenvalue weighted by molar-refractivity contribution is 7.80. The van der Waals surface area contributed by atoms with E-state index in [0.717, 1.165) is 17.7 Å². The number of rotatable bonds is 3. The van der Waals surface area contributed by atoms with Gasteiger partial charge in [-0.05, 0) is 24.5 Å². The second kappa shape index (κ2) is 4.53. The number of hydrogen-bond donors (Lipinski definition) is 2. The van der Waals surface area contributed by atoms with Crippen molar-refractivity contribution in [3.8, 4) is 0 Å². The number of thiol groups is 1. The Bertz CT molecular complexity index is 247. The van der Waals surface area contributed by atoms with E-state index >= 15 is 0 Å². The molecule has 0 amide bonds. The Balaban J connectivity index is 2.69. The van der Waals surface area contributed by atoms with E-state index in [-0.39, 0.29) is 6.04 Å². The zero-order chi connectivity index (χ0) is 8.97. The van der Waals surface area contributed by atoms with E-state index in [9.17, 15) is 0 Å². The lowest BCUT2D eigenvalue weighted by molar-refractivity contribution is 0.641. The smallest absolute Gasteiger partial charge is 0.00771 e. The second-order valence-electron chi connectivity index (χ2n) is 3.00. The lowest BCUT2D eigenvalue weighted by Crippen LogP contribution is -2.21. The predicted molar refractivity (Wildman–Crippen MR) is 55.7 cm³/mol. The van der Waals surface area contributed by atoms with Gasteiger partial charge in [0.2, 0.25) is 0 Å². The van der Waals surface area contributed by atoms with E-state index in [0.29, 0.717) is 0 Å². The molecule has 0 fully saturated rings.